The van der Waals surface area contributed by atoms with Crippen LogP contribution in [-0.2, 0) is 13.2 Å². The van der Waals surface area contributed by atoms with Crippen LogP contribution in [-0.4, -0.2) is 16.0 Å². The van der Waals surface area contributed by atoms with E-state index in [-0.39, 0.29) is 0 Å². The number of pyridine rings is 2. The topological polar surface area (TPSA) is 47.0 Å². The highest BCUT2D eigenvalue weighted by molar-refractivity contribution is 5.17. The van der Waals surface area contributed by atoms with Gasteiger partial charge in [-0.2, -0.15) is 0 Å². The Bertz CT molecular complexity index is 483. The zero-order chi connectivity index (χ0) is 13.5. The highest BCUT2D eigenvalue weighted by Crippen LogP contribution is 2.09. The fourth-order valence-corrected chi connectivity index (χ4v) is 1.56. The Hall–Kier alpha value is -1.94. The molecule has 0 saturated heterocycles. The van der Waals surface area contributed by atoms with Crippen molar-refractivity contribution in [3.8, 4) is 5.75 Å². The molecule has 4 nitrogen and oxygen atoms in total. The molecule has 19 heavy (non-hydrogen) atoms. The van der Waals surface area contributed by atoms with Crippen LogP contribution in [0.3, 0.4) is 0 Å². The molecule has 0 aromatic carbocycles. The minimum absolute atomic E-state index is 0.462. The van der Waals surface area contributed by atoms with Gasteiger partial charge < -0.3 is 10.1 Å². The van der Waals surface area contributed by atoms with Gasteiger partial charge in [0.05, 0.1) is 11.9 Å². The van der Waals surface area contributed by atoms with Crippen molar-refractivity contribution in [1.29, 1.82) is 0 Å². The Labute approximate surface area is 113 Å². The molecule has 0 fully saturated rings. The minimum Gasteiger partial charge on any atom is -0.486 e. The molecule has 0 amide bonds. The van der Waals surface area contributed by atoms with Gasteiger partial charge in [0.15, 0.2) is 0 Å². The first kappa shape index (κ1) is 13.5. The van der Waals surface area contributed by atoms with E-state index < -0.39 is 0 Å². The number of hydrogen-bond donors (Lipinski definition) is 1. The third-order valence-corrected chi connectivity index (χ3v) is 2.62. The van der Waals surface area contributed by atoms with Crippen molar-refractivity contribution in [2.45, 2.75) is 33.0 Å². The highest BCUT2D eigenvalue weighted by Gasteiger charge is 1.99. The molecule has 1 N–H and O–H groups in total. The Kier molecular flexibility index (Phi) is 4.86. The van der Waals surface area contributed by atoms with Crippen LogP contribution in [0.4, 0.5) is 0 Å². The van der Waals surface area contributed by atoms with Crippen molar-refractivity contribution < 1.29 is 4.74 Å². The molecule has 0 unspecified atom stereocenters. The molecule has 100 valence electrons. The predicted molar refractivity (Wildman–Crippen MR) is 74.8 cm³/mol. The average Bonchev–Trinajstić information content (AvgIpc) is 2.45. The van der Waals surface area contributed by atoms with Crippen molar-refractivity contribution in [1.82, 2.24) is 15.3 Å². The average molecular weight is 257 g/mol. The predicted octanol–water partition coefficient (Wildman–Crippen LogP) is 2.55. The first-order valence-electron chi connectivity index (χ1n) is 6.44. The van der Waals surface area contributed by atoms with Crippen LogP contribution in [0.1, 0.15) is 25.1 Å². The van der Waals surface area contributed by atoms with Crippen LogP contribution in [0.5, 0.6) is 5.75 Å². The van der Waals surface area contributed by atoms with Gasteiger partial charge >= 0.3 is 0 Å². The summed E-state index contributed by atoms with van der Waals surface area (Å²) in [5, 5.41) is 3.36. The zero-order valence-corrected chi connectivity index (χ0v) is 11.3. The van der Waals surface area contributed by atoms with Gasteiger partial charge in [-0.15, -0.1) is 0 Å². The number of rotatable bonds is 6. The summed E-state index contributed by atoms with van der Waals surface area (Å²) >= 11 is 0. The van der Waals surface area contributed by atoms with Gasteiger partial charge in [0.1, 0.15) is 12.4 Å². The van der Waals surface area contributed by atoms with Gasteiger partial charge in [-0.05, 0) is 23.8 Å². The molecule has 2 aromatic heterocycles. The van der Waals surface area contributed by atoms with Crippen molar-refractivity contribution >= 4 is 0 Å². The Balaban J connectivity index is 1.85. The van der Waals surface area contributed by atoms with Gasteiger partial charge in [-0.1, -0.05) is 19.9 Å². The summed E-state index contributed by atoms with van der Waals surface area (Å²) in [4.78, 5) is 8.38. The Morgan fingerprint density at radius 3 is 2.74 bits per heavy atom. The highest BCUT2D eigenvalue weighted by atomic mass is 16.5. The number of ether oxygens (including phenoxy) is 1. The SMILES string of the molecule is CC(C)NCc1ccc(COc2cccnc2)nc1. The van der Waals surface area contributed by atoms with E-state index in [2.05, 4.69) is 35.2 Å². The fraction of sp³-hybridized carbons (Fsp3) is 0.333. The molecule has 2 rings (SSSR count). The second-order valence-electron chi connectivity index (χ2n) is 4.67. The summed E-state index contributed by atoms with van der Waals surface area (Å²) < 4.78 is 5.59. The summed E-state index contributed by atoms with van der Waals surface area (Å²) in [6.45, 7) is 5.56. The maximum Gasteiger partial charge on any atom is 0.138 e. The minimum atomic E-state index is 0.462. The van der Waals surface area contributed by atoms with Crippen LogP contribution in [0, 0.1) is 0 Å². The van der Waals surface area contributed by atoms with Gasteiger partial charge in [-0.25, -0.2) is 0 Å². The first-order valence-corrected chi connectivity index (χ1v) is 6.44. The van der Waals surface area contributed by atoms with Crippen molar-refractivity contribution in [2.24, 2.45) is 0 Å². The van der Waals surface area contributed by atoms with E-state index in [1.807, 2.05) is 24.4 Å². The molecule has 4 heteroatoms. The number of aromatic nitrogens is 2. The molecule has 0 radical (unpaired) electrons. The van der Waals surface area contributed by atoms with Crippen molar-refractivity contribution in [3.05, 3.63) is 54.1 Å². The summed E-state index contributed by atoms with van der Waals surface area (Å²) in [7, 11) is 0. The summed E-state index contributed by atoms with van der Waals surface area (Å²) in [5.41, 5.74) is 2.09. The van der Waals surface area contributed by atoms with E-state index in [0.717, 1.165) is 18.0 Å². The zero-order valence-electron chi connectivity index (χ0n) is 11.3. The fourth-order valence-electron chi connectivity index (χ4n) is 1.56. The molecule has 0 bridgehead atoms. The summed E-state index contributed by atoms with van der Waals surface area (Å²) in [6, 6.07) is 8.28. The lowest BCUT2D eigenvalue weighted by Crippen LogP contribution is -2.21. The summed E-state index contributed by atoms with van der Waals surface area (Å²) in [5.74, 6) is 0.759. The maximum atomic E-state index is 5.59. The normalized spacial score (nSPS) is 10.7. The molecule has 0 aliphatic carbocycles. The monoisotopic (exact) mass is 257 g/mol. The molecule has 0 aliphatic rings. The van der Waals surface area contributed by atoms with Crippen LogP contribution in [0.2, 0.25) is 0 Å². The molecule has 2 heterocycles. The molecule has 2 aromatic rings. The smallest absolute Gasteiger partial charge is 0.138 e. The molecule has 0 aliphatic heterocycles. The van der Waals surface area contributed by atoms with E-state index in [0.29, 0.717) is 12.6 Å². The largest absolute Gasteiger partial charge is 0.486 e. The van der Waals surface area contributed by atoms with E-state index in [1.54, 1.807) is 12.4 Å². The van der Waals surface area contributed by atoms with Crippen LogP contribution < -0.4 is 10.1 Å². The third kappa shape index (κ3) is 4.67. The molecular weight excluding hydrogens is 238 g/mol. The maximum absolute atomic E-state index is 5.59. The first-order chi connectivity index (χ1) is 9.24. The lowest BCUT2D eigenvalue weighted by Gasteiger charge is -2.08. The lowest BCUT2D eigenvalue weighted by molar-refractivity contribution is 0.300. The molecule has 0 atom stereocenters. The van der Waals surface area contributed by atoms with Gasteiger partial charge in [0.25, 0.3) is 0 Å². The molecular formula is C15H19N3O. The second-order valence-corrected chi connectivity index (χ2v) is 4.67. The van der Waals surface area contributed by atoms with Crippen LogP contribution >= 0.6 is 0 Å². The lowest BCUT2D eigenvalue weighted by atomic mass is 10.2. The van der Waals surface area contributed by atoms with E-state index in [1.165, 1.54) is 5.56 Å². The van der Waals surface area contributed by atoms with Crippen LogP contribution in [0.15, 0.2) is 42.9 Å². The van der Waals surface area contributed by atoms with Crippen molar-refractivity contribution in [2.75, 3.05) is 0 Å². The van der Waals surface area contributed by atoms with Gasteiger partial charge in [-0.3, -0.25) is 9.97 Å². The van der Waals surface area contributed by atoms with Crippen molar-refractivity contribution in [3.63, 3.8) is 0 Å². The quantitative estimate of drug-likeness (QED) is 0.864. The number of hydrogen-bond acceptors (Lipinski definition) is 4. The second kappa shape index (κ2) is 6.85. The van der Waals surface area contributed by atoms with E-state index in [9.17, 15) is 0 Å². The number of nitrogens with zero attached hydrogens (tertiary/aromatic N) is 2. The Morgan fingerprint density at radius 1 is 1.21 bits per heavy atom. The standard InChI is InChI=1S/C15H19N3O/c1-12(2)17-8-13-5-6-14(18-9-13)11-19-15-4-3-7-16-10-15/h3-7,9-10,12,17H,8,11H2,1-2H3. The Morgan fingerprint density at radius 2 is 2.11 bits per heavy atom. The number of nitrogens with one attached hydrogen (secondary N) is 1. The van der Waals surface area contributed by atoms with Gasteiger partial charge in [0.2, 0.25) is 0 Å². The molecule has 0 saturated carbocycles. The van der Waals surface area contributed by atoms with E-state index in [4.69, 9.17) is 4.74 Å². The van der Waals surface area contributed by atoms with Crippen LogP contribution in [0.25, 0.3) is 0 Å². The third-order valence-electron chi connectivity index (χ3n) is 2.62. The van der Waals surface area contributed by atoms with Gasteiger partial charge in [0, 0.05) is 25.0 Å². The molecule has 0 spiro atoms. The van der Waals surface area contributed by atoms with E-state index >= 15 is 0 Å². The summed E-state index contributed by atoms with van der Waals surface area (Å²) in [6.07, 6.45) is 5.31.